The quantitative estimate of drug-likeness (QED) is 0.749. The molecule has 2 nitrogen and oxygen atoms in total. The van der Waals surface area contributed by atoms with Crippen LogP contribution in [-0.4, -0.2) is 36.2 Å². The van der Waals surface area contributed by atoms with Gasteiger partial charge in [-0.3, -0.25) is 0 Å². The van der Waals surface area contributed by atoms with Crippen LogP contribution in [0.15, 0.2) is 12.1 Å². The van der Waals surface area contributed by atoms with Gasteiger partial charge in [0, 0.05) is 32.1 Å². The molecular formula is C16H24N2. The largest absolute Gasteiger partial charge is 0.241 e. The maximum atomic E-state index is 2.58. The van der Waals surface area contributed by atoms with E-state index >= 15 is 0 Å². The molecule has 0 bridgehead atoms. The zero-order valence-corrected chi connectivity index (χ0v) is 11.9. The zero-order chi connectivity index (χ0) is 12.7. The predicted molar refractivity (Wildman–Crippen MR) is 75.8 cm³/mol. The maximum absolute atomic E-state index is 2.58. The minimum absolute atomic E-state index is 0.712. The molecule has 0 radical (unpaired) electrons. The van der Waals surface area contributed by atoms with Crippen LogP contribution in [0.2, 0.25) is 0 Å². The smallest absolute Gasteiger partial charge is 0.0215 e. The number of nitrogens with zero attached hydrogens (tertiary/aromatic N) is 2. The van der Waals surface area contributed by atoms with Crippen molar-refractivity contribution in [3.63, 3.8) is 0 Å². The van der Waals surface area contributed by atoms with Crippen molar-refractivity contribution in [1.82, 2.24) is 10.0 Å². The summed E-state index contributed by atoms with van der Waals surface area (Å²) in [5, 5.41) is 5.15. The first-order chi connectivity index (χ1) is 8.65. The van der Waals surface area contributed by atoms with Crippen LogP contribution in [0.5, 0.6) is 0 Å². The van der Waals surface area contributed by atoms with Crippen LogP contribution in [0, 0.1) is 20.8 Å². The molecule has 0 saturated carbocycles. The lowest BCUT2D eigenvalue weighted by Crippen LogP contribution is -2.41. The van der Waals surface area contributed by atoms with E-state index in [1.165, 1.54) is 55.7 Å². The van der Waals surface area contributed by atoms with E-state index in [0.29, 0.717) is 5.92 Å². The van der Waals surface area contributed by atoms with Gasteiger partial charge in [-0.05, 0) is 50.3 Å². The number of fused-ring (bicyclic) bond motifs is 1. The van der Waals surface area contributed by atoms with Crippen molar-refractivity contribution in [2.24, 2.45) is 0 Å². The fourth-order valence-corrected chi connectivity index (χ4v) is 3.87. The van der Waals surface area contributed by atoms with E-state index in [1.54, 1.807) is 5.56 Å². The highest BCUT2D eigenvalue weighted by molar-refractivity contribution is 5.40. The Morgan fingerprint density at radius 3 is 1.89 bits per heavy atom. The number of hydrogen-bond acceptors (Lipinski definition) is 2. The number of hydrogen-bond donors (Lipinski definition) is 0. The summed E-state index contributed by atoms with van der Waals surface area (Å²) in [5.41, 5.74) is 5.97. The summed E-state index contributed by atoms with van der Waals surface area (Å²) < 4.78 is 0. The predicted octanol–water partition coefficient (Wildman–Crippen LogP) is 3.02. The first kappa shape index (κ1) is 12.2. The standard InChI is InChI=1S/C16H24N2/c1-12-8-13(2)16(14(3)9-12)15-10-17-6-4-5-7-18(17)11-15/h8-9,15H,4-7,10-11H2,1-3H3. The Labute approximate surface area is 111 Å². The van der Waals surface area contributed by atoms with Crippen molar-refractivity contribution in [3.05, 3.63) is 34.4 Å². The molecule has 0 unspecified atom stereocenters. The highest BCUT2D eigenvalue weighted by Crippen LogP contribution is 2.33. The molecule has 3 rings (SSSR count). The van der Waals surface area contributed by atoms with E-state index in [4.69, 9.17) is 0 Å². The third-order valence-electron chi connectivity index (χ3n) is 4.49. The second kappa shape index (κ2) is 4.67. The highest BCUT2D eigenvalue weighted by atomic mass is 15.6. The first-order valence-corrected chi connectivity index (χ1v) is 7.22. The van der Waals surface area contributed by atoms with Crippen molar-refractivity contribution < 1.29 is 0 Å². The highest BCUT2D eigenvalue weighted by Gasteiger charge is 2.33. The molecule has 0 aliphatic carbocycles. The summed E-state index contributed by atoms with van der Waals surface area (Å²) >= 11 is 0. The Kier molecular flexibility index (Phi) is 3.16. The van der Waals surface area contributed by atoms with Crippen LogP contribution >= 0.6 is 0 Å². The Morgan fingerprint density at radius 2 is 1.39 bits per heavy atom. The van der Waals surface area contributed by atoms with Crippen LogP contribution in [0.4, 0.5) is 0 Å². The van der Waals surface area contributed by atoms with E-state index in [9.17, 15) is 0 Å². The lowest BCUT2D eigenvalue weighted by atomic mass is 9.90. The Balaban J connectivity index is 1.88. The van der Waals surface area contributed by atoms with E-state index in [-0.39, 0.29) is 0 Å². The van der Waals surface area contributed by atoms with E-state index < -0.39 is 0 Å². The molecule has 0 atom stereocenters. The molecule has 1 aromatic rings. The SMILES string of the molecule is Cc1cc(C)c(C2CN3CCCCN3C2)c(C)c1. The second-order valence-corrected chi connectivity index (χ2v) is 6.04. The summed E-state index contributed by atoms with van der Waals surface area (Å²) in [6.07, 6.45) is 2.74. The van der Waals surface area contributed by atoms with Crippen LogP contribution in [0.3, 0.4) is 0 Å². The third kappa shape index (κ3) is 2.08. The summed E-state index contributed by atoms with van der Waals surface area (Å²) in [4.78, 5) is 0. The topological polar surface area (TPSA) is 6.48 Å². The summed E-state index contributed by atoms with van der Waals surface area (Å²) in [7, 11) is 0. The van der Waals surface area contributed by atoms with Gasteiger partial charge in [-0.15, -0.1) is 0 Å². The number of benzene rings is 1. The Hall–Kier alpha value is -0.860. The van der Waals surface area contributed by atoms with E-state index in [2.05, 4.69) is 42.9 Å². The van der Waals surface area contributed by atoms with Gasteiger partial charge in [0.25, 0.3) is 0 Å². The average Bonchev–Trinajstić information content (AvgIpc) is 2.70. The summed E-state index contributed by atoms with van der Waals surface area (Å²) in [6, 6.07) is 4.68. The van der Waals surface area contributed by atoms with Gasteiger partial charge >= 0.3 is 0 Å². The van der Waals surface area contributed by atoms with Crippen molar-refractivity contribution in [2.75, 3.05) is 26.2 Å². The van der Waals surface area contributed by atoms with Crippen LogP contribution in [0.25, 0.3) is 0 Å². The lowest BCUT2D eigenvalue weighted by Gasteiger charge is -2.31. The second-order valence-electron chi connectivity index (χ2n) is 6.04. The van der Waals surface area contributed by atoms with Crippen LogP contribution in [-0.2, 0) is 0 Å². The fraction of sp³-hybridized carbons (Fsp3) is 0.625. The molecule has 2 fully saturated rings. The van der Waals surface area contributed by atoms with Gasteiger partial charge < -0.3 is 0 Å². The minimum Gasteiger partial charge on any atom is -0.241 e. The lowest BCUT2D eigenvalue weighted by molar-refractivity contribution is -0.00111. The molecular weight excluding hydrogens is 220 g/mol. The van der Waals surface area contributed by atoms with Gasteiger partial charge in [-0.2, -0.15) is 0 Å². The molecule has 2 heteroatoms. The fourth-order valence-electron chi connectivity index (χ4n) is 3.87. The van der Waals surface area contributed by atoms with Gasteiger partial charge in [-0.1, -0.05) is 17.7 Å². The molecule has 2 aliphatic heterocycles. The molecule has 1 aromatic carbocycles. The van der Waals surface area contributed by atoms with Crippen molar-refractivity contribution in [3.8, 4) is 0 Å². The van der Waals surface area contributed by atoms with Crippen molar-refractivity contribution in [1.29, 1.82) is 0 Å². The molecule has 98 valence electrons. The summed E-state index contributed by atoms with van der Waals surface area (Å²) in [5.74, 6) is 0.712. The number of aryl methyl sites for hydroxylation is 3. The van der Waals surface area contributed by atoms with Gasteiger partial charge in [0.15, 0.2) is 0 Å². The third-order valence-corrected chi connectivity index (χ3v) is 4.49. The van der Waals surface area contributed by atoms with Crippen molar-refractivity contribution >= 4 is 0 Å². The molecule has 18 heavy (non-hydrogen) atoms. The summed E-state index contributed by atoms with van der Waals surface area (Å²) in [6.45, 7) is 11.7. The number of hydrazine groups is 1. The van der Waals surface area contributed by atoms with E-state index in [0.717, 1.165) is 0 Å². The van der Waals surface area contributed by atoms with Gasteiger partial charge in [0.05, 0.1) is 0 Å². The maximum Gasteiger partial charge on any atom is 0.0215 e. The van der Waals surface area contributed by atoms with Gasteiger partial charge in [0.2, 0.25) is 0 Å². The molecule has 0 N–H and O–H groups in total. The normalized spacial score (nSPS) is 22.4. The van der Waals surface area contributed by atoms with Crippen LogP contribution in [0.1, 0.15) is 41.0 Å². The zero-order valence-electron chi connectivity index (χ0n) is 11.9. The minimum atomic E-state index is 0.712. The molecule has 0 amide bonds. The Bertz CT molecular complexity index is 415. The van der Waals surface area contributed by atoms with Crippen molar-refractivity contribution in [2.45, 2.75) is 39.5 Å². The van der Waals surface area contributed by atoms with Gasteiger partial charge in [0.1, 0.15) is 0 Å². The van der Waals surface area contributed by atoms with E-state index in [1.807, 2.05) is 0 Å². The molecule has 2 saturated heterocycles. The molecule has 2 heterocycles. The molecule has 0 aromatic heterocycles. The molecule has 2 aliphatic rings. The van der Waals surface area contributed by atoms with Gasteiger partial charge in [-0.25, -0.2) is 10.0 Å². The Morgan fingerprint density at radius 1 is 0.889 bits per heavy atom. The number of rotatable bonds is 1. The monoisotopic (exact) mass is 244 g/mol. The average molecular weight is 244 g/mol. The first-order valence-electron chi connectivity index (χ1n) is 7.22. The van der Waals surface area contributed by atoms with Crippen LogP contribution < -0.4 is 0 Å². The molecule has 0 spiro atoms.